The molecule has 1 aliphatic rings. The highest BCUT2D eigenvalue weighted by Gasteiger charge is 2.34. The van der Waals surface area contributed by atoms with Crippen molar-refractivity contribution >= 4 is 41.8 Å². The molecule has 9 heteroatoms. The molecule has 2 N–H and O–H groups in total. The van der Waals surface area contributed by atoms with E-state index in [1.54, 1.807) is 49.5 Å². The van der Waals surface area contributed by atoms with Gasteiger partial charge >= 0.3 is 0 Å². The van der Waals surface area contributed by atoms with Crippen LogP contribution < -0.4 is 15.4 Å². The third-order valence-electron chi connectivity index (χ3n) is 4.92. The number of benzene rings is 2. The highest BCUT2D eigenvalue weighted by molar-refractivity contribution is 14.0. The number of nitrogens with zero attached hydrogens (tertiary/aromatic N) is 2. The number of ether oxygens (including phenoxy) is 1. The smallest absolute Gasteiger partial charge is 0.261 e. The summed E-state index contributed by atoms with van der Waals surface area (Å²) in [5.74, 6) is -0.0303. The normalized spacial score (nSPS) is 14.0. The van der Waals surface area contributed by atoms with E-state index in [0.717, 1.165) is 6.42 Å². The fourth-order valence-electron chi connectivity index (χ4n) is 3.30. The van der Waals surface area contributed by atoms with Crippen LogP contribution in [-0.4, -0.2) is 55.5 Å². The zero-order valence-electron chi connectivity index (χ0n) is 18.1. The van der Waals surface area contributed by atoms with Gasteiger partial charge in [0.15, 0.2) is 17.5 Å². The van der Waals surface area contributed by atoms with Crippen molar-refractivity contribution in [3.05, 3.63) is 65.5 Å². The minimum Gasteiger partial charge on any atom is -0.486 e. The minimum atomic E-state index is -0.394. The molecule has 172 valence electrons. The monoisotopic (exact) mass is 554 g/mol. The van der Waals surface area contributed by atoms with E-state index in [0.29, 0.717) is 43.1 Å². The number of carbonyl (C=O) groups excluding carboxylic acids is 2. The van der Waals surface area contributed by atoms with Crippen molar-refractivity contribution in [1.82, 2.24) is 15.5 Å². The zero-order valence-corrected chi connectivity index (χ0v) is 20.5. The van der Waals surface area contributed by atoms with Crippen LogP contribution in [0.1, 0.15) is 40.5 Å². The Labute approximate surface area is 204 Å². The first-order chi connectivity index (χ1) is 15.0. The van der Waals surface area contributed by atoms with Gasteiger partial charge in [-0.2, -0.15) is 0 Å². The number of aliphatic imine (C=N–C) groups is 1. The van der Waals surface area contributed by atoms with Gasteiger partial charge in [-0.3, -0.25) is 19.5 Å². The summed E-state index contributed by atoms with van der Waals surface area (Å²) in [6.07, 6.45) is 1.18. The lowest BCUT2D eigenvalue weighted by Crippen LogP contribution is -2.42. The molecule has 0 spiro atoms. The van der Waals surface area contributed by atoms with Gasteiger partial charge in [-0.15, -0.1) is 24.0 Å². The Morgan fingerprint density at radius 3 is 2.28 bits per heavy atom. The van der Waals surface area contributed by atoms with Gasteiger partial charge in [-0.1, -0.05) is 24.3 Å². The number of unbranched alkanes of at least 4 members (excludes halogenated alkanes) is 1. The maximum absolute atomic E-state index is 13.7. The summed E-state index contributed by atoms with van der Waals surface area (Å²) in [4.78, 5) is 30.2. The topological polar surface area (TPSA) is 83.0 Å². The molecular weight excluding hydrogens is 526 g/mol. The SMILES string of the molecule is CN=C(NCCCCN1C(=O)c2ccccc2C1=O)NCC(C)Oc1ccccc1F.I. The maximum atomic E-state index is 13.7. The number of carbonyl (C=O) groups is 2. The Morgan fingerprint density at radius 2 is 1.66 bits per heavy atom. The number of hydrogen-bond donors (Lipinski definition) is 2. The molecule has 0 saturated heterocycles. The van der Waals surface area contributed by atoms with Crippen molar-refractivity contribution in [2.24, 2.45) is 4.99 Å². The van der Waals surface area contributed by atoms with Gasteiger partial charge in [0.2, 0.25) is 0 Å². The molecule has 1 aliphatic heterocycles. The Balaban J connectivity index is 0.00000363. The summed E-state index contributed by atoms with van der Waals surface area (Å²) in [6.45, 7) is 3.30. The number of imide groups is 1. The molecule has 0 saturated carbocycles. The predicted octanol–water partition coefficient (Wildman–Crippen LogP) is 3.45. The van der Waals surface area contributed by atoms with Crippen LogP contribution in [0.25, 0.3) is 0 Å². The lowest BCUT2D eigenvalue weighted by molar-refractivity contribution is 0.0652. The van der Waals surface area contributed by atoms with E-state index in [-0.39, 0.29) is 47.6 Å². The van der Waals surface area contributed by atoms with Crippen LogP contribution >= 0.6 is 24.0 Å². The Morgan fingerprint density at radius 1 is 1.03 bits per heavy atom. The standard InChI is InChI=1S/C23H27FN4O3.HI/c1-16(31-20-12-6-5-11-19(20)24)15-27-23(25-2)26-13-7-8-14-28-21(29)17-9-3-4-10-18(17)22(28)30;/h3-6,9-12,16H,7-8,13-15H2,1-2H3,(H2,25,26,27);1H. The van der Waals surface area contributed by atoms with Gasteiger partial charge in [0, 0.05) is 20.1 Å². The van der Waals surface area contributed by atoms with E-state index >= 15 is 0 Å². The average Bonchev–Trinajstić information content (AvgIpc) is 3.02. The van der Waals surface area contributed by atoms with Gasteiger partial charge in [0.05, 0.1) is 17.7 Å². The molecule has 0 fully saturated rings. The Kier molecular flexibility index (Phi) is 9.89. The molecule has 2 amide bonds. The van der Waals surface area contributed by atoms with Gasteiger partial charge in [0.1, 0.15) is 6.10 Å². The van der Waals surface area contributed by atoms with Crippen molar-refractivity contribution in [3.63, 3.8) is 0 Å². The number of guanidine groups is 1. The van der Waals surface area contributed by atoms with E-state index in [9.17, 15) is 14.0 Å². The van der Waals surface area contributed by atoms with E-state index in [1.807, 2.05) is 6.92 Å². The van der Waals surface area contributed by atoms with Crippen molar-refractivity contribution in [2.45, 2.75) is 25.9 Å². The number of nitrogens with one attached hydrogen (secondary N) is 2. The minimum absolute atomic E-state index is 0. The highest BCUT2D eigenvalue weighted by Crippen LogP contribution is 2.22. The molecule has 0 aliphatic carbocycles. The number of amides is 2. The number of hydrogen-bond acceptors (Lipinski definition) is 4. The van der Waals surface area contributed by atoms with Crippen molar-refractivity contribution in [1.29, 1.82) is 0 Å². The van der Waals surface area contributed by atoms with Crippen LogP contribution in [0.5, 0.6) is 5.75 Å². The predicted molar refractivity (Wildman–Crippen MR) is 132 cm³/mol. The highest BCUT2D eigenvalue weighted by atomic mass is 127. The summed E-state index contributed by atoms with van der Waals surface area (Å²) in [7, 11) is 1.66. The van der Waals surface area contributed by atoms with Crippen LogP contribution in [0, 0.1) is 5.82 Å². The maximum Gasteiger partial charge on any atom is 0.261 e. The first-order valence-corrected chi connectivity index (χ1v) is 10.3. The summed E-state index contributed by atoms with van der Waals surface area (Å²) in [5.41, 5.74) is 0.948. The molecule has 3 rings (SSSR count). The van der Waals surface area contributed by atoms with Crippen molar-refractivity contribution in [3.8, 4) is 5.75 Å². The second-order valence-corrected chi connectivity index (χ2v) is 7.25. The van der Waals surface area contributed by atoms with E-state index in [1.165, 1.54) is 11.0 Å². The molecule has 1 unspecified atom stereocenters. The first-order valence-electron chi connectivity index (χ1n) is 10.3. The first kappa shape index (κ1) is 25.6. The summed E-state index contributed by atoms with van der Waals surface area (Å²) < 4.78 is 19.3. The summed E-state index contributed by atoms with van der Waals surface area (Å²) >= 11 is 0. The second-order valence-electron chi connectivity index (χ2n) is 7.25. The third-order valence-corrected chi connectivity index (χ3v) is 4.92. The van der Waals surface area contributed by atoms with E-state index in [2.05, 4.69) is 15.6 Å². The number of rotatable bonds is 9. The van der Waals surface area contributed by atoms with Crippen LogP contribution in [0.4, 0.5) is 4.39 Å². The van der Waals surface area contributed by atoms with Gasteiger partial charge in [-0.25, -0.2) is 4.39 Å². The number of para-hydroxylation sites is 1. The largest absolute Gasteiger partial charge is 0.486 e. The summed E-state index contributed by atoms with van der Waals surface area (Å²) in [6, 6.07) is 13.2. The number of halogens is 2. The van der Waals surface area contributed by atoms with Gasteiger partial charge in [-0.05, 0) is 44.0 Å². The van der Waals surface area contributed by atoms with Crippen molar-refractivity contribution in [2.75, 3.05) is 26.7 Å². The molecule has 1 atom stereocenters. The van der Waals surface area contributed by atoms with Crippen LogP contribution in [0.15, 0.2) is 53.5 Å². The Bertz CT molecular complexity index is 935. The van der Waals surface area contributed by atoms with Crippen molar-refractivity contribution < 1.29 is 18.7 Å². The molecule has 2 aromatic carbocycles. The fourth-order valence-corrected chi connectivity index (χ4v) is 3.30. The Hall–Kier alpha value is -2.69. The fraction of sp³-hybridized carbons (Fsp3) is 0.348. The molecule has 7 nitrogen and oxygen atoms in total. The summed E-state index contributed by atoms with van der Waals surface area (Å²) in [5, 5.41) is 6.33. The lowest BCUT2D eigenvalue weighted by Gasteiger charge is -2.18. The van der Waals surface area contributed by atoms with Gasteiger partial charge < -0.3 is 15.4 Å². The molecule has 2 aromatic rings. The lowest BCUT2D eigenvalue weighted by atomic mass is 10.1. The molecule has 1 heterocycles. The molecule has 0 radical (unpaired) electrons. The second kappa shape index (κ2) is 12.4. The van der Waals surface area contributed by atoms with E-state index < -0.39 is 5.82 Å². The molecule has 32 heavy (non-hydrogen) atoms. The van der Waals surface area contributed by atoms with E-state index in [4.69, 9.17) is 4.74 Å². The zero-order chi connectivity index (χ0) is 22.2. The van der Waals surface area contributed by atoms with Crippen LogP contribution in [0.2, 0.25) is 0 Å². The average molecular weight is 554 g/mol. The molecular formula is C23H28FIN4O3. The number of fused-ring (bicyclic) bond motifs is 1. The van der Waals surface area contributed by atoms with Crippen LogP contribution in [-0.2, 0) is 0 Å². The van der Waals surface area contributed by atoms with Crippen LogP contribution in [0.3, 0.4) is 0 Å². The molecule has 0 aromatic heterocycles. The molecule has 0 bridgehead atoms. The van der Waals surface area contributed by atoms with Gasteiger partial charge in [0.25, 0.3) is 11.8 Å². The third kappa shape index (κ3) is 6.41. The quantitative estimate of drug-likeness (QED) is 0.163.